The first-order valence-corrected chi connectivity index (χ1v) is 11.9. The minimum atomic E-state index is -0.552. The average molecular weight is 544 g/mol. The number of nitrogens with zero attached hydrogens (tertiary/aromatic N) is 3. The van der Waals surface area contributed by atoms with Gasteiger partial charge in [-0.05, 0) is 40.5 Å². The van der Waals surface area contributed by atoms with Crippen LogP contribution < -0.4 is 20.5 Å². The first kappa shape index (κ1) is 24.7. The van der Waals surface area contributed by atoms with Crippen LogP contribution in [0.25, 0.3) is 11.3 Å². The fourth-order valence-electron chi connectivity index (χ4n) is 3.36. The monoisotopic (exact) mass is 543 g/mol. The Balaban J connectivity index is 1.55. The van der Waals surface area contributed by atoms with Crippen molar-refractivity contribution in [3.05, 3.63) is 104 Å². The van der Waals surface area contributed by atoms with Crippen LogP contribution in [-0.4, -0.2) is 22.8 Å². The van der Waals surface area contributed by atoms with E-state index in [-0.39, 0.29) is 17.2 Å². The number of hydrogen-bond acceptors (Lipinski definition) is 7. The van der Waals surface area contributed by atoms with E-state index in [0.717, 1.165) is 15.6 Å². The normalized spacial score (nSPS) is 10.7. The van der Waals surface area contributed by atoms with Crippen LogP contribution in [0.4, 0.5) is 5.95 Å². The maximum Gasteiger partial charge on any atom is 0.270 e. The molecule has 0 fully saturated rings. The zero-order valence-electron chi connectivity index (χ0n) is 19.4. The number of benzene rings is 3. The van der Waals surface area contributed by atoms with Crippen LogP contribution >= 0.6 is 15.9 Å². The number of hydrogen-bond donors (Lipinski definition) is 2. The molecule has 4 aromatic rings. The number of H-pyrrole nitrogens is 1. The van der Waals surface area contributed by atoms with E-state index >= 15 is 0 Å². The summed E-state index contributed by atoms with van der Waals surface area (Å²) in [5.41, 5.74) is 4.82. The zero-order valence-corrected chi connectivity index (χ0v) is 21.0. The Morgan fingerprint density at radius 3 is 2.47 bits per heavy atom. The molecule has 0 saturated carbocycles. The van der Waals surface area contributed by atoms with E-state index in [4.69, 9.17) is 9.47 Å². The van der Waals surface area contributed by atoms with Gasteiger partial charge < -0.3 is 9.47 Å². The van der Waals surface area contributed by atoms with Gasteiger partial charge in [0.2, 0.25) is 5.95 Å². The minimum Gasteiger partial charge on any atom is -0.490 e. The summed E-state index contributed by atoms with van der Waals surface area (Å²) in [7, 11) is 0. The van der Waals surface area contributed by atoms with E-state index in [1.165, 1.54) is 0 Å². The van der Waals surface area contributed by atoms with Crippen LogP contribution in [0.5, 0.6) is 11.5 Å². The number of halogens is 1. The number of rotatable bonds is 9. The number of aromatic amines is 1. The number of nitrogens with one attached hydrogen (secondary N) is 2. The first-order chi connectivity index (χ1) is 17.6. The van der Waals surface area contributed by atoms with E-state index in [9.17, 15) is 10.1 Å². The molecular formula is C27H22BrN5O3. The predicted octanol–water partition coefficient (Wildman–Crippen LogP) is 5.49. The van der Waals surface area contributed by atoms with Crippen molar-refractivity contribution >= 4 is 28.1 Å². The summed E-state index contributed by atoms with van der Waals surface area (Å²) < 4.78 is 12.5. The molecular weight excluding hydrogens is 522 g/mol. The van der Waals surface area contributed by atoms with Gasteiger partial charge in [0.15, 0.2) is 11.5 Å². The zero-order chi connectivity index (χ0) is 25.3. The Labute approximate surface area is 216 Å². The second-order valence-electron chi connectivity index (χ2n) is 7.51. The molecule has 0 aliphatic rings. The van der Waals surface area contributed by atoms with E-state index in [2.05, 4.69) is 36.4 Å². The molecule has 9 heteroatoms. The molecule has 0 spiro atoms. The molecule has 0 bridgehead atoms. The molecule has 2 N–H and O–H groups in total. The fraction of sp³-hybridized carbons (Fsp3) is 0.111. The summed E-state index contributed by atoms with van der Waals surface area (Å²) in [6.07, 6.45) is 1.56. The van der Waals surface area contributed by atoms with Gasteiger partial charge >= 0.3 is 0 Å². The largest absolute Gasteiger partial charge is 0.490 e. The van der Waals surface area contributed by atoms with Crippen molar-refractivity contribution in [1.82, 2.24) is 9.97 Å². The van der Waals surface area contributed by atoms with Gasteiger partial charge in [-0.1, -0.05) is 60.7 Å². The summed E-state index contributed by atoms with van der Waals surface area (Å²) in [6.45, 7) is 2.77. The lowest BCUT2D eigenvalue weighted by atomic mass is 10.1. The molecule has 0 atom stereocenters. The molecule has 0 unspecified atom stereocenters. The molecule has 1 heterocycles. The molecule has 180 valence electrons. The molecule has 0 amide bonds. The summed E-state index contributed by atoms with van der Waals surface area (Å²) in [5.74, 6) is 1.29. The van der Waals surface area contributed by atoms with Crippen molar-refractivity contribution in [2.75, 3.05) is 12.0 Å². The van der Waals surface area contributed by atoms with Crippen molar-refractivity contribution in [3.63, 3.8) is 0 Å². The van der Waals surface area contributed by atoms with Crippen LogP contribution in [0.2, 0.25) is 0 Å². The third-order valence-corrected chi connectivity index (χ3v) is 5.74. The third-order valence-electron chi connectivity index (χ3n) is 5.05. The Morgan fingerprint density at radius 1 is 1.08 bits per heavy atom. The molecule has 0 aliphatic carbocycles. The van der Waals surface area contributed by atoms with Crippen molar-refractivity contribution in [1.29, 1.82) is 5.26 Å². The van der Waals surface area contributed by atoms with Crippen molar-refractivity contribution in [2.45, 2.75) is 13.5 Å². The van der Waals surface area contributed by atoms with Gasteiger partial charge in [0.1, 0.15) is 18.2 Å². The molecule has 0 radical (unpaired) electrons. The highest BCUT2D eigenvalue weighted by atomic mass is 79.9. The maximum atomic E-state index is 12.4. The van der Waals surface area contributed by atoms with Gasteiger partial charge in [-0.25, -0.2) is 10.4 Å². The van der Waals surface area contributed by atoms with Crippen molar-refractivity contribution in [3.8, 4) is 28.8 Å². The van der Waals surface area contributed by atoms with E-state index in [0.29, 0.717) is 30.3 Å². The van der Waals surface area contributed by atoms with Gasteiger partial charge in [0.05, 0.1) is 18.5 Å². The molecule has 1 aromatic heterocycles. The first-order valence-electron chi connectivity index (χ1n) is 11.1. The molecule has 3 aromatic carbocycles. The topological polar surface area (TPSA) is 112 Å². The van der Waals surface area contributed by atoms with Gasteiger partial charge in [0, 0.05) is 15.6 Å². The lowest BCUT2D eigenvalue weighted by Gasteiger charge is -2.14. The van der Waals surface area contributed by atoms with Crippen LogP contribution in [0.3, 0.4) is 0 Å². The lowest BCUT2D eigenvalue weighted by Crippen LogP contribution is -2.16. The Kier molecular flexibility index (Phi) is 8.11. The van der Waals surface area contributed by atoms with Crippen LogP contribution in [-0.2, 0) is 6.61 Å². The highest BCUT2D eigenvalue weighted by Crippen LogP contribution is 2.34. The number of nitriles is 1. The highest BCUT2D eigenvalue weighted by Gasteiger charge is 2.13. The van der Waals surface area contributed by atoms with Crippen molar-refractivity contribution < 1.29 is 9.47 Å². The number of aromatic nitrogens is 2. The van der Waals surface area contributed by atoms with Crippen molar-refractivity contribution in [2.24, 2.45) is 5.10 Å². The summed E-state index contributed by atoms with van der Waals surface area (Å²) >= 11 is 3.55. The Morgan fingerprint density at radius 2 is 1.78 bits per heavy atom. The number of hydrazone groups is 1. The van der Waals surface area contributed by atoms with Gasteiger partial charge in [-0.2, -0.15) is 10.4 Å². The van der Waals surface area contributed by atoms with Crippen LogP contribution in [0, 0.1) is 11.3 Å². The van der Waals surface area contributed by atoms with Crippen LogP contribution in [0.15, 0.2) is 87.2 Å². The van der Waals surface area contributed by atoms with Gasteiger partial charge in [-0.15, -0.1) is 0 Å². The Hall–Kier alpha value is -4.42. The van der Waals surface area contributed by atoms with Gasteiger partial charge in [-0.3, -0.25) is 9.78 Å². The summed E-state index contributed by atoms with van der Waals surface area (Å²) in [4.78, 5) is 19.3. The quantitative estimate of drug-likeness (QED) is 0.213. The smallest absolute Gasteiger partial charge is 0.270 e. The van der Waals surface area contributed by atoms with E-state index < -0.39 is 5.56 Å². The van der Waals surface area contributed by atoms with Gasteiger partial charge in [0.25, 0.3) is 5.56 Å². The number of anilines is 1. The van der Waals surface area contributed by atoms with E-state index in [1.54, 1.807) is 18.3 Å². The summed E-state index contributed by atoms with van der Waals surface area (Å²) in [5, 5.41) is 13.6. The standard InChI is InChI=1S/C27H22BrN5O3/c1-2-35-23-13-20(22(28)14-24(23)36-17-18-9-5-3-6-10-18)16-30-33-27-31-25(19-11-7-4-8-12-19)21(15-29)26(34)32-27/h3-14,16H,2,17H2,1H3,(H2,31,32,33,34). The second kappa shape index (κ2) is 11.8. The minimum absolute atomic E-state index is 0.0640. The molecule has 36 heavy (non-hydrogen) atoms. The molecule has 0 saturated heterocycles. The Bertz CT molecular complexity index is 1460. The fourth-order valence-corrected chi connectivity index (χ4v) is 3.79. The maximum absolute atomic E-state index is 12.4. The molecule has 8 nitrogen and oxygen atoms in total. The lowest BCUT2D eigenvalue weighted by molar-refractivity contribution is 0.269. The molecule has 4 rings (SSSR count). The molecule has 0 aliphatic heterocycles. The highest BCUT2D eigenvalue weighted by molar-refractivity contribution is 9.10. The second-order valence-corrected chi connectivity index (χ2v) is 8.37. The number of ether oxygens (including phenoxy) is 2. The third kappa shape index (κ3) is 5.98. The predicted molar refractivity (Wildman–Crippen MR) is 142 cm³/mol. The van der Waals surface area contributed by atoms with Crippen LogP contribution in [0.1, 0.15) is 23.6 Å². The average Bonchev–Trinajstić information content (AvgIpc) is 2.90. The summed E-state index contributed by atoms with van der Waals surface area (Å²) in [6, 6.07) is 24.4. The SMILES string of the molecule is CCOc1cc(C=NNc2nc(-c3ccccc3)c(C#N)c(=O)[nH]2)c(Br)cc1OCc1ccccc1. The van der Waals surface area contributed by atoms with E-state index in [1.807, 2.05) is 73.7 Å².